The van der Waals surface area contributed by atoms with Crippen LogP contribution in [0, 0.1) is 5.41 Å². The molecule has 0 aromatic rings. The zero-order chi connectivity index (χ0) is 22.2. The minimum absolute atomic E-state index is 0.431. The van der Waals surface area contributed by atoms with E-state index in [1.165, 1.54) is 25.7 Å². The molecular weight excluding hydrogens is 402 g/mol. The summed E-state index contributed by atoms with van der Waals surface area (Å²) in [6.07, 6.45) is 12.6. The summed E-state index contributed by atoms with van der Waals surface area (Å²) in [6, 6.07) is 0. The molecule has 0 N–H and O–H groups in total. The largest absolute Gasteiger partial charge is 0.497 e. The van der Waals surface area contributed by atoms with Crippen molar-refractivity contribution in [1.29, 1.82) is 0 Å². The quantitative estimate of drug-likeness (QED) is 0.200. The molecule has 0 spiro atoms. The maximum atomic E-state index is 6.00. The standard InChI is InChI=1S/C12H25NO2.C11H13ClN2O/c1-4-12(10-15-11-12)6-8-13(2)7-5-9-14-3;1-13-8-14-11(12)9-5-3-4-6-10(7-9)15-2/h4-11H2,1-3H3;4,6-8H,1,3,5H2,2H3/b;11-9+,14-8-. The monoisotopic (exact) mass is 439 g/mol. The second-order valence-corrected chi connectivity index (χ2v) is 8.04. The first-order valence-electron chi connectivity index (χ1n) is 10.5. The minimum atomic E-state index is 0.431. The Morgan fingerprint density at radius 1 is 1.37 bits per heavy atom. The zero-order valence-electron chi connectivity index (χ0n) is 19.0. The number of hydrogen-bond acceptors (Lipinski definition) is 5. The Morgan fingerprint density at radius 3 is 2.70 bits per heavy atom. The topological polar surface area (TPSA) is 55.7 Å². The lowest BCUT2D eigenvalue weighted by molar-refractivity contribution is -0.121. The van der Waals surface area contributed by atoms with E-state index in [1.807, 2.05) is 18.2 Å². The van der Waals surface area contributed by atoms with Gasteiger partial charge in [0.05, 0.1) is 20.3 Å². The lowest BCUT2D eigenvalue weighted by Crippen LogP contribution is -2.44. The minimum Gasteiger partial charge on any atom is -0.497 e. The predicted octanol–water partition coefficient (Wildman–Crippen LogP) is 4.82. The van der Waals surface area contributed by atoms with Crippen LogP contribution in [0.4, 0.5) is 0 Å². The number of allylic oxidation sites excluding steroid dienone is 4. The van der Waals surface area contributed by atoms with Crippen LogP contribution in [0.5, 0.6) is 0 Å². The summed E-state index contributed by atoms with van der Waals surface area (Å²) in [5, 5.41) is 0.431. The molecule has 1 fully saturated rings. The third kappa shape index (κ3) is 10.0. The molecule has 30 heavy (non-hydrogen) atoms. The van der Waals surface area contributed by atoms with E-state index < -0.39 is 0 Å². The van der Waals surface area contributed by atoms with Crippen molar-refractivity contribution in [1.82, 2.24) is 4.90 Å². The molecule has 7 heteroatoms. The molecule has 0 atom stereocenters. The van der Waals surface area contributed by atoms with Crippen LogP contribution >= 0.6 is 11.6 Å². The average molecular weight is 440 g/mol. The van der Waals surface area contributed by atoms with Gasteiger partial charge in [-0.2, -0.15) is 0 Å². The number of aliphatic imine (C=N–C) groups is 2. The van der Waals surface area contributed by atoms with Gasteiger partial charge >= 0.3 is 0 Å². The van der Waals surface area contributed by atoms with Crippen molar-refractivity contribution in [3.8, 4) is 0 Å². The van der Waals surface area contributed by atoms with Gasteiger partial charge in [-0.3, -0.25) is 4.99 Å². The fourth-order valence-corrected chi connectivity index (χ4v) is 3.32. The second-order valence-electron chi connectivity index (χ2n) is 7.68. The fourth-order valence-electron chi connectivity index (χ4n) is 3.13. The predicted molar refractivity (Wildman–Crippen MR) is 127 cm³/mol. The highest BCUT2D eigenvalue weighted by molar-refractivity contribution is 6.30. The number of hydrogen-bond donors (Lipinski definition) is 0. The number of nitrogens with zero attached hydrogens (tertiary/aromatic N) is 3. The maximum absolute atomic E-state index is 6.00. The average Bonchev–Trinajstić information content (AvgIpc) is 2.98. The Hall–Kier alpha value is -1.47. The van der Waals surface area contributed by atoms with Gasteiger partial charge in [-0.05, 0) is 70.1 Å². The molecule has 1 heterocycles. The molecule has 170 valence electrons. The van der Waals surface area contributed by atoms with Crippen LogP contribution in [0.2, 0.25) is 0 Å². The molecule has 0 amide bonds. The van der Waals surface area contributed by atoms with Crippen molar-refractivity contribution in [2.45, 2.75) is 39.0 Å². The summed E-state index contributed by atoms with van der Waals surface area (Å²) >= 11 is 6.00. The van der Waals surface area contributed by atoms with E-state index >= 15 is 0 Å². The normalized spacial score (nSPS) is 19.5. The summed E-state index contributed by atoms with van der Waals surface area (Å²) in [6.45, 7) is 10.7. The summed E-state index contributed by atoms with van der Waals surface area (Å²) in [5.74, 6) is 0.780. The molecule has 0 bridgehead atoms. The lowest BCUT2D eigenvalue weighted by Gasteiger charge is -2.41. The second kappa shape index (κ2) is 15.3. The zero-order valence-corrected chi connectivity index (χ0v) is 19.8. The Balaban J connectivity index is 0.000000300. The van der Waals surface area contributed by atoms with Crippen molar-refractivity contribution in [3.05, 3.63) is 34.7 Å². The van der Waals surface area contributed by atoms with Gasteiger partial charge in [-0.25, -0.2) is 4.99 Å². The van der Waals surface area contributed by atoms with Gasteiger partial charge in [0.2, 0.25) is 0 Å². The van der Waals surface area contributed by atoms with Crippen LogP contribution in [-0.4, -0.2) is 72.1 Å². The molecule has 0 unspecified atom stereocenters. The van der Waals surface area contributed by atoms with E-state index in [9.17, 15) is 0 Å². The van der Waals surface area contributed by atoms with Gasteiger partial charge in [0.1, 0.15) is 17.3 Å². The number of ether oxygens (including phenoxy) is 3. The van der Waals surface area contributed by atoms with Crippen LogP contribution in [0.1, 0.15) is 39.0 Å². The van der Waals surface area contributed by atoms with Crippen molar-refractivity contribution in [2.24, 2.45) is 15.4 Å². The van der Waals surface area contributed by atoms with Crippen molar-refractivity contribution in [3.63, 3.8) is 0 Å². The van der Waals surface area contributed by atoms with E-state index in [-0.39, 0.29) is 0 Å². The van der Waals surface area contributed by atoms with E-state index in [4.69, 9.17) is 25.8 Å². The first kappa shape index (κ1) is 26.6. The van der Waals surface area contributed by atoms with E-state index in [0.29, 0.717) is 10.6 Å². The molecule has 0 saturated carbocycles. The Kier molecular flexibility index (Phi) is 13.6. The van der Waals surface area contributed by atoms with Gasteiger partial charge in [0, 0.05) is 25.7 Å². The number of halogens is 1. The van der Waals surface area contributed by atoms with E-state index in [0.717, 1.165) is 57.0 Å². The molecule has 1 saturated heterocycles. The van der Waals surface area contributed by atoms with Gasteiger partial charge < -0.3 is 19.1 Å². The smallest absolute Gasteiger partial charge is 0.134 e. The molecule has 0 radical (unpaired) electrons. The third-order valence-electron chi connectivity index (χ3n) is 5.41. The molecule has 2 aliphatic rings. The molecular formula is C23H38ClN3O3. The highest BCUT2D eigenvalue weighted by Crippen LogP contribution is 2.34. The third-order valence-corrected chi connectivity index (χ3v) is 5.75. The summed E-state index contributed by atoms with van der Waals surface area (Å²) in [5.41, 5.74) is 1.44. The van der Waals surface area contributed by atoms with Crippen LogP contribution < -0.4 is 0 Å². The van der Waals surface area contributed by atoms with Crippen LogP contribution in [0.25, 0.3) is 0 Å². The van der Waals surface area contributed by atoms with Gasteiger partial charge in [0.15, 0.2) is 0 Å². The molecule has 0 aromatic heterocycles. The number of rotatable bonds is 11. The van der Waals surface area contributed by atoms with Crippen molar-refractivity contribution >= 4 is 24.7 Å². The Labute approximate surface area is 187 Å². The van der Waals surface area contributed by atoms with E-state index in [1.54, 1.807) is 14.2 Å². The first-order chi connectivity index (χ1) is 14.5. The summed E-state index contributed by atoms with van der Waals surface area (Å²) in [4.78, 5) is 9.84. The van der Waals surface area contributed by atoms with Crippen molar-refractivity contribution < 1.29 is 14.2 Å². The highest BCUT2D eigenvalue weighted by Gasteiger charge is 2.36. The summed E-state index contributed by atoms with van der Waals surface area (Å²) < 4.78 is 15.5. The molecule has 0 aromatic carbocycles. The van der Waals surface area contributed by atoms with Crippen molar-refractivity contribution in [2.75, 3.05) is 54.2 Å². The SMILES string of the molecule is C=N/C=N\C(Cl)=C1\C=C(OC)C=CCC1.CCC1(CCN(C)CCCOC)COC1. The Bertz CT molecular complexity index is 620. The van der Waals surface area contributed by atoms with Gasteiger partial charge in [-0.15, -0.1) is 0 Å². The van der Waals surface area contributed by atoms with Gasteiger partial charge in [0.25, 0.3) is 0 Å². The molecule has 1 aliphatic carbocycles. The number of methoxy groups -OCH3 is 2. The van der Waals surface area contributed by atoms with Crippen LogP contribution in [0.3, 0.4) is 0 Å². The maximum Gasteiger partial charge on any atom is 0.134 e. The van der Waals surface area contributed by atoms with Gasteiger partial charge in [-0.1, -0.05) is 24.6 Å². The highest BCUT2D eigenvalue weighted by atomic mass is 35.5. The fraction of sp³-hybridized carbons (Fsp3) is 0.652. The van der Waals surface area contributed by atoms with Crippen LogP contribution in [0.15, 0.2) is 44.7 Å². The molecule has 2 rings (SSSR count). The summed E-state index contributed by atoms with van der Waals surface area (Å²) in [7, 11) is 5.58. The Morgan fingerprint density at radius 2 is 2.13 bits per heavy atom. The first-order valence-corrected chi connectivity index (χ1v) is 10.9. The lowest BCUT2D eigenvalue weighted by atomic mass is 9.80. The van der Waals surface area contributed by atoms with Crippen LogP contribution in [-0.2, 0) is 14.2 Å². The van der Waals surface area contributed by atoms with E-state index in [2.05, 4.69) is 35.6 Å². The molecule has 1 aliphatic heterocycles. The molecule has 6 nitrogen and oxygen atoms in total.